The predicted octanol–water partition coefficient (Wildman–Crippen LogP) is 4.93. The molecule has 1 amide bonds. The van der Waals surface area contributed by atoms with E-state index in [1.165, 1.54) is 6.07 Å². The lowest BCUT2D eigenvalue weighted by Gasteiger charge is -2.08. The first kappa shape index (κ1) is 20.7. The van der Waals surface area contributed by atoms with Gasteiger partial charge in [0.1, 0.15) is 0 Å². The Morgan fingerprint density at radius 2 is 1.38 bits per heavy atom. The molecular weight excluding hydrogens is 372 g/mol. The van der Waals surface area contributed by atoms with Crippen molar-refractivity contribution < 1.29 is 18.3 Å². The normalized spacial score (nSPS) is 10.7. The van der Waals surface area contributed by atoms with Gasteiger partial charge in [0, 0.05) is 13.0 Å². The molecule has 3 nitrogen and oxygen atoms in total. The van der Waals surface area contributed by atoms with Gasteiger partial charge in [-0.2, -0.15) is 0 Å². The van der Waals surface area contributed by atoms with Crippen LogP contribution in [-0.2, 0) is 35.7 Å². The van der Waals surface area contributed by atoms with Crippen LogP contribution in [-0.4, -0.2) is 5.91 Å². The molecule has 0 aliphatic carbocycles. The van der Waals surface area contributed by atoms with Crippen molar-refractivity contribution in [1.82, 2.24) is 5.32 Å². The van der Waals surface area contributed by atoms with Crippen LogP contribution in [0.5, 0.6) is 0 Å². The van der Waals surface area contributed by atoms with Crippen LogP contribution in [0.3, 0.4) is 0 Å². The summed E-state index contributed by atoms with van der Waals surface area (Å²) in [6.07, 6.45) is 0.581. The Balaban J connectivity index is 1.37. The van der Waals surface area contributed by atoms with E-state index in [9.17, 15) is 13.6 Å². The Bertz CT molecular complexity index is 927. The van der Waals surface area contributed by atoms with Gasteiger partial charge >= 0.3 is 0 Å². The molecule has 0 saturated carbocycles. The van der Waals surface area contributed by atoms with Crippen LogP contribution in [0.2, 0.25) is 0 Å². The van der Waals surface area contributed by atoms with Crippen molar-refractivity contribution in [3.05, 3.63) is 107 Å². The highest BCUT2D eigenvalue weighted by Gasteiger charge is 2.06. The molecule has 0 aromatic heterocycles. The zero-order valence-electron chi connectivity index (χ0n) is 16.0. The summed E-state index contributed by atoms with van der Waals surface area (Å²) in [5, 5.41) is 2.84. The number of benzene rings is 3. The van der Waals surface area contributed by atoms with Gasteiger partial charge in [-0.25, -0.2) is 8.78 Å². The maximum absolute atomic E-state index is 13.2. The molecule has 5 heteroatoms. The van der Waals surface area contributed by atoms with E-state index in [1.807, 2.05) is 54.6 Å². The number of carbonyl (C=O) groups excluding carboxylic acids is 1. The third-order valence-corrected chi connectivity index (χ3v) is 4.52. The molecule has 0 bridgehead atoms. The Morgan fingerprint density at radius 1 is 0.759 bits per heavy atom. The van der Waals surface area contributed by atoms with E-state index in [-0.39, 0.29) is 12.3 Å². The molecule has 0 unspecified atom stereocenters. The van der Waals surface area contributed by atoms with Gasteiger partial charge in [-0.05, 0) is 40.8 Å². The van der Waals surface area contributed by atoms with E-state index in [4.69, 9.17) is 4.74 Å². The number of hydrogen-bond donors (Lipinski definition) is 1. The summed E-state index contributed by atoms with van der Waals surface area (Å²) >= 11 is 0. The minimum atomic E-state index is -0.893. The van der Waals surface area contributed by atoms with Crippen molar-refractivity contribution in [2.45, 2.75) is 32.6 Å². The number of ether oxygens (including phenoxy) is 1. The zero-order chi connectivity index (χ0) is 20.5. The molecule has 3 aromatic rings. The van der Waals surface area contributed by atoms with Gasteiger partial charge in [0.05, 0.1) is 13.2 Å². The number of carbonyl (C=O) groups is 1. The van der Waals surface area contributed by atoms with Crippen LogP contribution in [0, 0.1) is 11.6 Å². The quantitative estimate of drug-likeness (QED) is 0.558. The molecule has 0 heterocycles. The number of halogens is 2. The monoisotopic (exact) mass is 395 g/mol. The Kier molecular flexibility index (Phi) is 7.47. The molecular formula is C24H23F2NO2. The molecule has 150 valence electrons. The van der Waals surface area contributed by atoms with E-state index < -0.39 is 11.6 Å². The molecule has 0 atom stereocenters. The molecule has 3 aromatic carbocycles. The minimum Gasteiger partial charge on any atom is -0.372 e. The molecule has 29 heavy (non-hydrogen) atoms. The van der Waals surface area contributed by atoms with E-state index in [1.54, 1.807) is 0 Å². The van der Waals surface area contributed by atoms with Gasteiger partial charge < -0.3 is 10.1 Å². The second-order valence-electron chi connectivity index (χ2n) is 6.82. The van der Waals surface area contributed by atoms with Crippen molar-refractivity contribution in [2.75, 3.05) is 0 Å². The molecule has 0 aliphatic rings. The number of nitrogens with one attached hydrogen (secondary N) is 1. The maximum Gasteiger partial charge on any atom is 0.220 e. The highest BCUT2D eigenvalue weighted by atomic mass is 19.2. The van der Waals surface area contributed by atoms with Crippen molar-refractivity contribution in [1.29, 1.82) is 0 Å². The van der Waals surface area contributed by atoms with Gasteiger partial charge in [-0.1, -0.05) is 60.7 Å². The molecule has 1 N–H and O–H groups in total. The average Bonchev–Trinajstić information content (AvgIpc) is 2.75. The highest BCUT2D eigenvalue weighted by molar-refractivity contribution is 5.76. The van der Waals surface area contributed by atoms with Crippen molar-refractivity contribution in [2.24, 2.45) is 0 Å². The molecule has 0 aliphatic heterocycles. The summed E-state index contributed by atoms with van der Waals surface area (Å²) in [6, 6.07) is 21.6. The number of aryl methyl sites for hydroxylation is 1. The summed E-state index contributed by atoms with van der Waals surface area (Å²) in [6.45, 7) is 1.51. The summed E-state index contributed by atoms with van der Waals surface area (Å²) in [5.41, 5.74) is 3.78. The topological polar surface area (TPSA) is 38.3 Å². The molecule has 3 rings (SSSR count). The van der Waals surface area contributed by atoms with Crippen molar-refractivity contribution in [3.63, 3.8) is 0 Å². The van der Waals surface area contributed by atoms with Crippen LogP contribution in [0.4, 0.5) is 8.78 Å². The second-order valence-corrected chi connectivity index (χ2v) is 6.82. The first-order valence-corrected chi connectivity index (χ1v) is 9.50. The van der Waals surface area contributed by atoms with Crippen molar-refractivity contribution >= 4 is 5.91 Å². The smallest absolute Gasteiger partial charge is 0.220 e. The van der Waals surface area contributed by atoms with Crippen LogP contribution in [0.15, 0.2) is 72.8 Å². The number of amides is 1. The summed E-state index contributed by atoms with van der Waals surface area (Å²) < 4.78 is 31.8. The largest absolute Gasteiger partial charge is 0.372 e. The summed E-state index contributed by atoms with van der Waals surface area (Å²) in [7, 11) is 0. The molecule has 0 spiro atoms. The van der Waals surface area contributed by atoms with Gasteiger partial charge in [-0.3, -0.25) is 4.79 Å². The highest BCUT2D eigenvalue weighted by Crippen LogP contribution is 2.11. The molecule has 0 fully saturated rings. The fraction of sp³-hybridized carbons (Fsp3) is 0.208. The minimum absolute atomic E-state index is 0.134. The van der Waals surface area contributed by atoms with Gasteiger partial charge in [0.15, 0.2) is 11.6 Å². The van der Waals surface area contributed by atoms with E-state index in [0.29, 0.717) is 31.7 Å². The van der Waals surface area contributed by atoms with Crippen LogP contribution in [0.25, 0.3) is 0 Å². The maximum atomic E-state index is 13.2. The second kappa shape index (κ2) is 10.5. The summed E-state index contributed by atoms with van der Waals surface area (Å²) in [5.74, 6) is -1.91. The standard InChI is InChI=1S/C24H23F2NO2/c25-22-12-10-18(14-23(22)26)11-13-24(28)27-15-19-6-8-21(9-7-19)17-29-16-20-4-2-1-3-5-20/h1-10,12,14H,11,13,15-17H2,(H,27,28). The van der Waals surface area contributed by atoms with Gasteiger partial charge in [0.2, 0.25) is 5.91 Å². The first-order chi connectivity index (χ1) is 14.1. The van der Waals surface area contributed by atoms with Crippen LogP contribution < -0.4 is 5.32 Å². The van der Waals surface area contributed by atoms with E-state index in [0.717, 1.165) is 28.8 Å². The molecule has 0 saturated heterocycles. The van der Waals surface area contributed by atoms with Crippen LogP contribution in [0.1, 0.15) is 28.7 Å². The van der Waals surface area contributed by atoms with Gasteiger partial charge in [-0.15, -0.1) is 0 Å². The average molecular weight is 395 g/mol. The lowest BCUT2D eigenvalue weighted by molar-refractivity contribution is -0.121. The summed E-state index contributed by atoms with van der Waals surface area (Å²) in [4.78, 5) is 12.0. The lowest BCUT2D eigenvalue weighted by Crippen LogP contribution is -2.23. The lowest BCUT2D eigenvalue weighted by atomic mass is 10.1. The molecule has 0 radical (unpaired) electrons. The predicted molar refractivity (Wildman–Crippen MR) is 108 cm³/mol. The fourth-order valence-corrected chi connectivity index (χ4v) is 2.86. The Morgan fingerprint density at radius 3 is 2.07 bits per heavy atom. The third-order valence-electron chi connectivity index (χ3n) is 4.52. The first-order valence-electron chi connectivity index (χ1n) is 9.50. The van der Waals surface area contributed by atoms with E-state index in [2.05, 4.69) is 5.32 Å². The Labute approximate surface area is 169 Å². The number of rotatable bonds is 9. The third kappa shape index (κ3) is 6.80. The Hall–Kier alpha value is -3.05. The SMILES string of the molecule is O=C(CCc1ccc(F)c(F)c1)NCc1ccc(COCc2ccccc2)cc1. The van der Waals surface area contributed by atoms with E-state index >= 15 is 0 Å². The zero-order valence-corrected chi connectivity index (χ0v) is 16.0. The fourth-order valence-electron chi connectivity index (χ4n) is 2.86. The van der Waals surface area contributed by atoms with Crippen LogP contribution >= 0.6 is 0 Å². The van der Waals surface area contributed by atoms with Crippen molar-refractivity contribution in [3.8, 4) is 0 Å². The number of hydrogen-bond acceptors (Lipinski definition) is 2. The van der Waals surface area contributed by atoms with Gasteiger partial charge in [0.25, 0.3) is 0 Å².